The van der Waals surface area contributed by atoms with Crippen molar-refractivity contribution in [2.75, 3.05) is 5.32 Å². The molecule has 1 unspecified atom stereocenters. The zero-order valence-corrected chi connectivity index (χ0v) is 12.5. The van der Waals surface area contributed by atoms with Crippen LogP contribution in [0.15, 0.2) is 12.1 Å². The topological polar surface area (TPSA) is 55.2 Å². The molecule has 0 aliphatic carbocycles. The van der Waals surface area contributed by atoms with E-state index in [4.69, 9.17) is 11.6 Å². The highest BCUT2D eigenvalue weighted by atomic mass is 35.5. The fourth-order valence-electron chi connectivity index (χ4n) is 2.02. The number of nitro groups is 1. The summed E-state index contributed by atoms with van der Waals surface area (Å²) in [6.45, 7) is 4.10. The Balaban J connectivity index is 2.70. The molecule has 20 heavy (non-hydrogen) atoms. The van der Waals surface area contributed by atoms with Gasteiger partial charge in [0.2, 0.25) is 0 Å². The number of rotatable bonds is 8. The molecule has 0 amide bonds. The molecule has 0 spiro atoms. The van der Waals surface area contributed by atoms with Gasteiger partial charge < -0.3 is 5.32 Å². The quantitative estimate of drug-likeness (QED) is 0.410. The monoisotopic (exact) mass is 302 g/mol. The molecule has 112 valence electrons. The Labute approximate surface area is 123 Å². The van der Waals surface area contributed by atoms with Crippen LogP contribution in [0.3, 0.4) is 0 Å². The van der Waals surface area contributed by atoms with Crippen LogP contribution in [-0.4, -0.2) is 11.0 Å². The molecule has 0 bridgehead atoms. The number of halogens is 2. The normalized spacial score (nSPS) is 12.2. The molecule has 0 aliphatic rings. The van der Waals surface area contributed by atoms with Crippen LogP contribution in [-0.2, 0) is 0 Å². The van der Waals surface area contributed by atoms with Gasteiger partial charge >= 0.3 is 0 Å². The van der Waals surface area contributed by atoms with Crippen molar-refractivity contribution in [3.05, 3.63) is 33.1 Å². The molecule has 1 aromatic carbocycles. The molecule has 0 saturated carbocycles. The fraction of sp³-hybridized carbons (Fsp3) is 0.571. The number of nitro benzene ring substituents is 1. The molecule has 1 rings (SSSR count). The van der Waals surface area contributed by atoms with Crippen molar-refractivity contribution in [1.29, 1.82) is 0 Å². The van der Waals surface area contributed by atoms with Crippen LogP contribution >= 0.6 is 11.6 Å². The lowest BCUT2D eigenvalue weighted by atomic mass is 10.1. The summed E-state index contributed by atoms with van der Waals surface area (Å²) < 4.78 is 13.3. The van der Waals surface area contributed by atoms with Gasteiger partial charge in [0.25, 0.3) is 5.69 Å². The zero-order chi connectivity index (χ0) is 15.1. The first-order chi connectivity index (χ1) is 9.45. The Kier molecular flexibility index (Phi) is 6.71. The van der Waals surface area contributed by atoms with Gasteiger partial charge in [0.15, 0.2) is 0 Å². The van der Waals surface area contributed by atoms with Crippen LogP contribution in [0.25, 0.3) is 0 Å². The molecule has 0 aliphatic heterocycles. The minimum absolute atomic E-state index is 0.0760. The van der Waals surface area contributed by atoms with E-state index < -0.39 is 10.7 Å². The zero-order valence-electron chi connectivity index (χ0n) is 11.8. The first-order valence-electron chi connectivity index (χ1n) is 6.85. The van der Waals surface area contributed by atoms with Crippen molar-refractivity contribution in [3.8, 4) is 0 Å². The molecule has 1 aromatic rings. The van der Waals surface area contributed by atoms with Gasteiger partial charge in [-0.05, 0) is 19.4 Å². The summed E-state index contributed by atoms with van der Waals surface area (Å²) in [5, 5.41) is 13.9. The third kappa shape index (κ3) is 4.96. The predicted molar refractivity (Wildman–Crippen MR) is 79.9 cm³/mol. The molecule has 1 N–H and O–H groups in total. The molecule has 1 atom stereocenters. The van der Waals surface area contributed by atoms with Gasteiger partial charge in [-0.3, -0.25) is 10.1 Å². The van der Waals surface area contributed by atoms with Crippen LogP contribution < -0.4 is 5.32 Å². The molecule has 4 nitrogen and oxygen atoms in total. The molecular weight excluding hydrogens is 283 g/mol. The lowest BCUT2D eigenvalue weighted by Crippen LogP contribution is -2.16. The maximum atomic E-state index is 13.3. The average molecular weight is 303 g/mol. The van der Waals surface area contributed by atoms with E-state index in [9.17, 15) is 14.5 Å². The maximum absolute atomic E-state index is 13.3. The van der Waals surface area contributed by atoms with E-state index in [1.807, 2.05) is 6.92 Å². The summed E-state index contributed by atoms with van der Waals surface area (Å²) in [5.74, 6) is -0.778. The third-order valence-corrected chi connectivity index (χ3v) is 3.42. The second-order valence-corrected chi connectivity index (χ2v) is 5.34. The van der Waals surface area contributed by atoms with Gasteiger partial charge in [-0.25, -0.2) is 4.39 Å². The SMILES string of the molecule is CCCCCCC(C)Nc1cc(Cl)c(F)cc1[N+](=O)[O-]. The Hall–Kier alpha value is -1.36. The number of anilines is 1. The van der Waals surface area contributed by atoms with E-state index in [-0.39, 0.29) is 22.4 Å². The minimum Gasteiger partial charge on any atom is -0.377 e. The van der Waals surface area contributed by atoms with Gasteiger partial charge in [-0.15, -0.1) is 0 Å². The van der Waals surface area contributed by atoms with Crippen molar-refractivity contribution in [2.24, 2.45) is 0 Å². The number of nitrogens with zero attached hydrogens (tertiary/aromatic N) is 1. The standard InChI is InChI=1S/C14H20ClFN2O2/c1-3-4-5-6-7-10(2)17-13-8-11(15)12(16)9-14(13)18(19)20/h8-10,17H,3-7H2,1-2H3. The van der Waals surface area contributed by atoms with E-state index in [1.54, 1.807) is 0 Å². The fourth-order valence-corrected chi connectivity index (χ4v) is 2.18. The number of unbranched alkanes of at least 4 members (excludes halogenated alkanes) is 3. The van der Waals surface area contributed by atoms with Crippen LogP contribution in [0.5, 0.6) is 0 Å². The van der Waals surface area contributed by atoms with Crippen molar-refractivity contribution in [2.45, 2.75) is 52.0 Å². The second kappa shape index (κ2) is 8.04. The lowest BCUT2D eigenvalue weighted by molar-refractivity contribution is -0.384. The Morgan fingerprint density at radius 3 is 2.70 bits per heavy atom. The van der Waals surface area contributed by atoms with E-state index in [2.05, 4.69) is 12.2 Å². The van der Waals surface area contributed by atoms with Gasteiger partial charge in [-0.1, -0.05) is 44.2 Å². The van der Waals surface area contributed by atoms with Gasteiger partial charge in [0.05, 0.1) is 16.0 Å². The summed E-state index contributed by atoms with van der Waals surface area (Å²) in [6.07, 6.45) is 5.47. The first-order valence-corrected chi connectivity index (χ1v) is 7.23. The van der Waals surface area contributed by atoms with Crippen LogP contribution in [0.2, 0.25) is 5.02 Å². The molecule has 0 saturated heterocycles. The number of nitrogens with one attached hydrogen (secondary N) is 1. The Morgan fingerprint density at radius 2 is 2.10 bits per heavy atom. The van der Waals surface area contributed by atoms with Crippen LogP contribution in [0.4, 0.5) is 15.8 Å². The molecular formula is C14H20ClFN2O2. The summed E-state index contributed by atoms with van der Waals surface area (Å²) in [7, 11) is 0. The molecule has 0 heterocycles. The Morgan fingerprint density at radius 1 is 1.40 bits per heavy atom. The molecule has 6 heteroatoms. The van der Waals surface area contributed by atoms with E-state index in [1.165, 1.54) is 18.9 Å². The smallest absolute Gasteiger partial charge is 0.295 e. The van der Waals surface area contributed by atoms with E-state index in [0.717, 1.165) is 25.3 Å². The number of benzene rings is 1. The largest absolute Gasteiger partial charge is 0.377 e. The second-order valence-electron chi connectivity index (χ2n) is 4.94. The highest BCUT2D eigenvalue weighted by Gasteiger charge is 2.19. The highest BCUT2D eigenvalue weighted by Crippen LogP contribution is 2.31. The van der Waals surface area contributed by atoms with E-state index in [0.29, 0.717) is 0 Å². The van der Waals surface area contributed by atoms with Crippen molar-refractivity contribution in [1.82, 2.24) is 0 Å². The summed E-state index contributed by atoms with van der Waals surface area (Å²) in [5.41, 5.74) is -0.0169. The van der Waals surface area contributed by atoms with Gasteiger partial charge in [0.1, 0.15) is 11.5 Å². The Bertz CT molecular complexity index is 469. The average Bonchev–Trinajstić information content (AvgIpc) is 2.38. The third-order valence-electron chi connectivity index (χ3n) is 3.13. The summed E-state index contributed by atoms with van der Waals surface area (Å²) >= 11 is 5.68. The highest BCUT2D eigenvalue weighted by molar-refractivity contribution is 6.31. The van der Waals surface area contributed by atoms with E-state index >= 15 is 0 Å². The van der Waals surface area contributed by atoms with Crippen LogP contribution in [0, 0.1) is 15.9 Å². The van der Waals surface area contributed by atoms with Gasteiger partial charge in [-0.2, -0.15) is 0 Å². The number of hydrogen-bond acceptors (Lipinski definition) is 3. The number of hydrogen-bond donors (Lipinski definition) is 1. The summed E-state index contributed by atoms with van der Waals surface area (Å²) in [6, 6.07) is 2.21. The molecule has 0 fully saturated rings. The lowest BCUT2D eigenvalue weighted by Gasteiger charge is -2.15. The first kappa shape index (κ1) is 16.7. The van der Waals surface area contributed by atoms with Crippen LogP contribution in [0.1, 0.15) is 46.0 Å². The minimum atomic E-state index is -0.778. The van der Waals surface area contributed by atoms with Gasteiger partial charge in [0, 0.05) is 6.04 Å². The molecule has 0 aromatic heterocycles. The van der Waals surface area contributed by atoms with Crippen molar-refractivity contribution >= 4 is 23.0 Å². The van der Waals surface area contributed by atoms with Crippen molar-refractivity contribution < 1.29 is 9.31 Å². The predicted octanol–water partition coefficient (Wildman–Crippen LogP) is 5.16. The summed E-state index contributed by atoms with van der Waals surface area (Å²) in [4.78, 5) is 10.3. The molecule has 0 radical (unpaired) electrons. The maximum Gasteiger partial charge on any atom is 0.295 e. The van der Waals surface area contributed by atoms with Crippen molar-refractivity contribution in [3.63, 3.8) is 0 Å².